The smallest absolute Gasteiger partial charge is 0.231 e. The maximum Gasteiger partial charge on any atom is 0.231 e. The number of rotatable bonds is 5. The molecule has 0 amide bonds. The molecule has 1 N–H and O–H groups in total. The van der Waals surface area contributed by atoms with Gasteiger partial charge in [0.15, 0.2) is 5.82 Å². The summed E-state index contributed by atoms with van der Waals surface area (Å²) in [6.45, 7) is 4.34. The molecule has 0 aliphatic heterocycles. The summed E-state index contributed by atoms with van der Waals surface area (Å²) in [5, 5.41) is 13.6. The Hall–Kier alpha value is -1.84. The third kappa shape index (κ3) is 3.32. The van der Waals surface area contributed by atoms with E-state index in [4.69, 9.17) is 4.52 Å². The number of benzene rings is 1. The number of phenolic OH excluding ortho intramolecular Hbond substituents is 1. The van der Waals surface area contributed by atoms with E-state index in [0.717, 1.165) is 24.2 Å². The highest BCUT2D eigenvalue weighted by atomic mass is 16.5. The quantitative estimate of drug-likeness (QED) is 0.881. The van der Waals surface area contributed by atoms with Crippen molar-refractivity contribution in [2.75, 3.05) is 0 Å². The summed E-state index contributed by atoms with van der Waals surface area (Å²) in [6.07, 6.45) is 2.36. The van der Waals surface area contributed by atoms with Crippen LogP contribution in [0.15, 0.2) is 28.8 Å². The van der Waals surface area contributed by atoms with E-state index < -0.39 is 0 Å². The van der Waals surface area contributed by atoms with E-state index in [-0.39, 0.29) is 5.75 Å². The summed E-state index contributed by atoms with van der Waals surface area (Å²) < 4.78 is 5.18. The predicted molar refractivity (Wildman–Crippen MR) is 68.4 cm³/mol. The highest BCUT2D eigenvalue weighted by Gasteiger charge is 2.09. The number of aromatic hydroxyl groups is 1. The van der Waals surface area contributed by atoms with E-state index in [1.54, 1.807) is 12.1 Å². The number of phenols is 1. The van der Waals surface area contributed by atoms with Gasteiger partial charge in [0.2, 0.25) is 5.89 Å². The first-order valence-corrected chi connectivity index (χ1v) is 6.23. The molecule has 0 unspecified atom stereocenters. The van der Waals surface area contributed by atoms with E-state index in [2.05, 4.69) is 24.0 Å². The monoisotopic (exact) mass is 246 g/mol. The molecule has 0 atom stereocenters. The van der Waals surface area contributed by atoms with Crippen LogP contribution in [0.3, 0.4) is 0 Å². The second kappa shape index (κ2) is 5.67. The maximum atomic E-state index is 9.66. The van der Waals surface area contributed by atoms with Crippen molar-refractivity contribution in [3.05, 3.63) is 41.5 Å². The van der Waals surface area contributed by atoms with Crippen molar-refractivity contribution < 1.29 is 9.63 Å². The van der Waals surface area contributed by atoms with Gasteiger partial charge < -0.3 is 9.63 Å². The number of para-hydroxylation sites is 1. The van der Waals surface area contributed by atoms with Gasteiger partial charge >= 0.3 is 0 Å². The lowest BCUT2D eigenvalue weighted by atomic mass is 10.1. The van der Waals surface area contributed by atoms with Crippen LogP contribution in [-0.2, 0) is 12.8 Å². The lowest BCUT2D eigenvalue weighted by Crippen LogP contribution is -1.95. The Balaban J connectivity index is 2.00. The zero-order valence-electron chi connectivity index (χ0n) is 10.8. The van der Waals surface area contributed by atoms with E-state index >= 15 is 0 Å². The van der Waals surface area contributed by atoms with Gasteiger partial charge in [-0.3, -0.25) is 0 Å². The second-order valence-corrected chi connectivity index (χ2v) is 4.84. The van der Waals surface area contributed by atoms with Crippen molar-refractivity contribution in [3.8, 4) is 5.75 Å². The van der Waals surface area contributed by atoms with Crippen LogP contribution in [-0.4, -0.2) is 15.2 Å². The first kappa shape index (κ1) is 12.6. The van der Waals surface area contributed by atoms with Gasteiger partial charge in [-0.25, -0.2) is 0 Å². The number of aryl methyl sites for hydroxylation is 1. The molecule has 0 saturated carbocycles. The van der Waals surface area contributed by atoms with E-state index in [9.17, 15) is 5.11 Å². The first-order valence-electron chi connectivity index (χ1n) is 6.23. The van der Waals surface area contributed by atoms with Crippen LogP contribution in [0.2, 0.25) is 0 Å². The van der Waals surface area contributed by atoms with Gasteiger partial charge in [0.05, 0.1) is 6.42 Å². The Morgan fingerprint density at radius 3 is 2.78 bits per heavy atom. The zero-order valence-corrected chi connectivity index (χ0v) is 10.8. The minimum absolute atomic E-state index is 0.263. The normalized spacial score (nSPS) is 11.1. The van der Waals surface area contributed by atoms with Crippen LogP contribution >= 0.6 is 0 Å². The van der Waals surface area contributed by atoms with Gasteiger partial charge in [-0.05, 0) is 18.4 Å². The minimum Gasteiger partial charge on any atom is -0.508 e. The van der Waals surface area contributed by atoms with E-state index in [1.165, 1.54) is 0 Å². The van der Waals surface area contributed by atoms with Gasteiger partial charge in [-0.2, -0.15) is 4.98 Å². The topological polar surface area (TPSA) is 59.2 Å². The van der Waals surface area contributed by atoms with Crippen LogP contribution in [0, 0.1) is 5.92 Å². The second-order valence-electron chi connectivity index (χ2n) is 4.84. The van der Waals surface area contributed by atoms with Gasteiger partial charge in [0, 0.05) is 12.0 Å². The van der Waals surface area contributed by atoms with Crippen molar-refractivity contribution in [1.29, 1.82) is 0 Å². The Morgan fingerprint density at radius 1 is 1.28 bits per heavy atom. The molecule has 0 saturated heterocycles. The van der Waals surface area contributed by atoms with Gasteiger partial charge in [-0.1, -0.05) is 37.2 Å². The molecular weight excluding hydrogens is 228 g/mol. The van der Waals surface area contributed by atoms with Crippen molar-refractivity contribution in [1.82, 2.24) is 10.1 Å². The molecule has 18 heavy (non-hydrogen) atoms. The molecule has 1 aromatic heterocycles. The molecular formula is C14H18N2O2. The van der Waals surface area contributed by atoms with Crippen molar-refractivity contribution in [2.45, 2.75) is 33.1 Å². The fraction of sp³-hybridized carbons (Fsp3) is 0.429. The molecule has 0 bridgehead atoms. The van der Waals surface area contributed by atoms with E-state index in [1.807, 2.05) is 12.1 Å². The summed E-state index contributed by atoms with van der Waals surface area (Å²) in [5.74, 6) is 2.19. The third-order valence-corrected chi connectivity index (χ3v) is 2.79. The van der Waals surface area contributed by atoms with Crippen LogP contribution < -0.4 is 0 Å². The summed E-state index contributed by atoms with van der Waals surface area (Å²) in [7, 11) is 0. The minimum atomic E-state index is 0.263. The number of aromatic nitrogens is 2. The highest BCUT2D eigenvalue weighted by molar-refractivity contribution is 5.33. The van der Waals surface area contributed by atoms with Crippen LogP contribution in [0.1, 0.15) is 37.5 Å². The van der Waals surface area contributed by atoms with Crippen molar-refractivity contribution in [2.24, 2.45) is 5.92 Å². The fourth-order valence-electron chi connectivity index (χ4n) is 1.70. The molecule has 2 aromatic rings. The van der Waals surface area contributed by atoms with Crippen LogP contribution in [0.4, 0.5) is 0 Å². The summed E-state index contributed by atoms with van der Waals surface area (Å²) >= 11 is 0. The Morgan fingerprint density at radius 2 is 2.06 bits per heavy atom. The Bertz CT molecular complexity index is 506. The molecule has 4 heteroatoms. The lowest BCUT2D eigenvalue weighted by molar-refractivity contribution is 0.375. The molecule has 0 spiro atoms. The van der Waals surface area contributed by atoms with Gasteiger partial charge in [0.25, 0.3) is 0 Å². The number of nitrogens with zero attached hydrogens (tertiary/aromatic N) is 2. The standard InChI is InChI=1S/C14H18N2O2/c1-10(2)7-8-13-15-14(18-16-13)9-11-5-3-4-6-12(11)17/h3-6,10,17H,7-9H2,1-2H3. The molecule has 0 radical (unpaired) electrons. The fourth-order valence-corrected chi connectivity index (χ4v) is 1.70. The summed E-state index contributed by atoms with van der Waals surface area (Å²) in [4.78, 5) is 4.33. The molecule has 1 aromatic carbocycles. The summed E-state index contributed by atoms with van der Waals surface area (Å²) in [5.41, 5.74) is 0.802. The maximum absolute atomic E-state index is 9.66. The molecule has 0 aliphatic carbocycles. The largest absolute Gasteiger partial charge is 0.508 e. The molecule has 4 nitrogen and oxygen atoms in total. The Kier molecular flexibility index (Phi) is 3.97. The summed E-state index contributed by atoms with van der Waals surface area (Å²) in [6, 6.07) is 7.19. The number of hydrogen-bond acceptors (Lipinski definition) is 4. The van der Waals surface area contributed by atoms with Crippen LogP contribution in [0.5, 0.6) is 5.75 Å². The molecule has 0 fully saturated rings. The average Bonchev–Trinajstić information content (AvgIpc) is 2.77. The van der Waals surface area contributed by atoms with Crippen LogP contribution in [0.25, 0.3) is 0 Å². The Labute approximate surface area is 107 Å². The predicted octanol–water partition coefficient (Wildman–Crippen LogP) is 2.95. The van der Waals surface area contributed by atoms with Crippen molar-refractivity contribution in [3.63, 3.8) is 0 Å². The SMILES string of the molecule is CC(C)CCc1noc(Cc2ccccc2O)n1. The number of hydrogen-bond donors (Lipinski definition) is 1. The average molecular weight is 246 g/mol. The van der Waals surface area contributed by atoms with E-state index in [0.29, 0.717) is 18.2 Å². The first-order chi connectivity index (χ1) is 8.65. The zero-order chi connectivity index (χ0) is 13.0. The molecule has 2 rings (SSSR count). The molecule has 0 aliphatic rings. The third-order valence-electron chi connectivity index (χ3n) is 2.79. The molecule has 1 heterocycles. The lowest BCUT2D eigenvalue weighted by Gasteiger charge is -2.00. The molecule has 96 valence electrons. The van der Waals surface area contributed by atoms with Gasteiger partial charge in [-0.15, -0.1) is 0 Å². The highest BCUT2D eigenvalue weighted by Crippen LogP contribution is 2.19. The van der Waals surface area contributed by atoms with Gasteiger partial charge in [0.1, 0.15) is 5.75 Å². The van der Waals surface area contributed by atoms with Crippen molar-refractivity contribution >= 4 is 0 Å².